The van der Waals surface area contributed by atoms with Crippen molar-refractivity contribution < 1.29 is 0 Å². The molecule has 0 bridgehead atoms. The molecule has 120 valence electrons. The minimum absolute atomic E-state index is 0.148. The highest BCUT2D eigenvalue weighted by molar-refractivity contribution is 5.12. The van der Waals surface area contributed by atoms with Gasteiger partial charge >= 0.3 is 0 Å². The van der Waals surface area contributed by atoms with E-state index in [4.69, 9.17) is 0 Å². The quantitative estimate of drug-likeness (QED) is 0.858. The third-order valence-electron chi connectivity index (χ3n) is 5.84. The molecule has 0 radical (unpaired) electrons. The summed E-state index contributed by atoms with van der Waals surface area (Å²) in [6, 6.07) is 2.62. The van der Waals surface area contributed by atoms with Crippen molar-refractivity contribution in [2.75, 3.05) is 13.1 Å². The molecule has 1 aliphatic heterocycles. The molecule has 1 aromatic rings. The Labute approximate surface area is 132 Å². The average Bonchev–Trinajstić information content (AvgIpc) is 3.25. The van der Waals surface area contributed by atoms with E-state index in [1.54, 1.807) is 12.4 Å². The monoisotopic (exact) mass is 301 g/mol. The van der Waals surface area contributed by atoms with E-state index in [0.29, 0.717) is 11.8 Å². The topological polar surface area (TPSA) is 38.1 Å². The molecule has 22 heavy (non-hydrogen) atoms. The number of rotatable bonds is 4. The Balaban J connectivity index is 1.33. The van der Waals surface area contributed by atoms with Crippen LogP contribution in [0.25, 0.3) is 0 Å². The van der Waals surface area contributed by atoms with E-state index in [9.17, 15) is 4.79 Å². The molecule has 2 saturated carbocycles. The van der Waals surface area contributed by atoms with Gasteiger partial charge in [-0.2, -0.15) is 0 Å². The first-order valence-corrected chi connectivity index (χ1v) is 9.10. The SMILES string of the molecule is O=c1cc(C2CC2)ncn1CC1CCN(C2CCCC2)CC1. The Kier molecular flexibility index (Phi) is 4.03. The molecule has 0 aromatic carbocycles. The van der Waals surface area contributed by atoms with Crippen LogP contribution in [0.15, 0.2) is 17.2 Å². The van der Waals surface area contributed by atoms with Gasteiger partial charge < -0.3 is 4.90 Å². The molecular weight excluding hydrogens is 274 g/mol. The predicted octanol–water partition coefficient (Wildman–Crippen LogP) is 2.78. The number of likely N-dealkylation sites (tertiary alicyclic amines) is 1. The highest BCUT2D eigenvalue weighted by atomic mass is 16.1. The maximum absolute atomic E-state index is 12.2. The lowest BCUT2D eigenvalue weighted by molar-refractivity contribution is 0.127. The Hall–Kier alpha value is -1.16. The van der Waals surface area contributed by atoms with Gasteiger partial charge in [0, 0.05) is 24.6 Å². The summed E-state index contributed by atoms with van der Waals surface area (Å²) in [6.07, 6.45) is 12.3. The third kappa shape index (κ3) is 3.12. The van der Waals surface area contributed by atoms with Gasteiger partial charge in [0.1, 0.15) is 0 Å². The van der Waals surface area contributed by atoms with Crippen LogP contribution in [-0.2, 0) is 6.54 Å². The Bertz CT molecular complexity index is 564. The number of hydrogen-bond acceptors (Lipinski definition) is 3. The number of nitrogens with zero attached hydrogens (tertiary/aromatic N) is 3. The van der Waals surface area contributed by atoms with Crippen LogP contribution in [0.2, 0.25) is 0 Å². The maximum atomic E-state index is 12.2. The molecule has 0 amide bonds. The summed E-state index contributed by atoms with van der Waals surface area (Å²) in [5, 5.41) is 0. The van der Waals surface area contributed by atoms with Gasteiger partial charge in [-0.3, -0.25) is 9.36 Å². The summed E-state index contributed by atoms with van der Waals surface area (Å²) >= 11 is 0. The molecule has 1 saturated heterocycles. The van der Waals surface area contributed by atoms with Crippen molar-refractivity contribution in [3.05, 3.63) is 28.4 Å². The summed E-state index contributed by atoms with van der Waals surface area (Å²) in [4.78, 5) is 19.4. The highest BCUT2D eigenvalue weighted by Gasteiger charge is 2.28. The number of piperidine rings is 1. The van der Waals surface area contributed by atoms with Crippen molar-refractivity contribution in [2.24, 2.45) is 5.92 Å². The third-order valence-corrected chi connectivity index (χ3v) is 5.84. The van der Waals surface area contributed by atoms with E-state index in [1.165, 1.54) is 64.5 Å². The van der Waals surface area contributed by atoms with Crippen molar-refractivity contribution in [2.45, 2.75) is 69.9 Å². The Morgan fingerprint density at radius 3 is 2.41 bits per heavy atom. The molecule has 0 N–H and O–H groups in total. The van der Waals surface area contributed by atoms with Gasteiger partial charge in [-0.05, 0) is 57.5 Å². The lowest BCUT2D eigenvalue weighted by atomic mass is 9.95. The maximum Gasteiger partial charge on any atom is 0.253 e. The molecule has 4 heteroatoms. The highest BCUT2D eigenvalue weighted by Crippen LogP contribution is 2.38. The van der Waals surface area contributed by atoms with Crippen LogP contribution in [0.3, 0.4) is 0 Å². The van der Waals surface area contributed by atoms with Gasteiger partial charge in [-0.25, -0.2) is 4.98 Å². The van der Waals surface area contributed by atoms with Gasteiger partial charge in [-0.15, -0.1) is 0 Å². The van der Waals surface area contributed by atoms with Crippen LogP contribution in [0.1, 0.15) is 63.0 Å². The van der Waals surface area contributed by atoms with Crippen LogP contribution < -0.4 is 5.56 Å². The number of hydrogen-bond donors (Lipinski definition) is 0. The van der Waals surface area contributed by atoms with Crippen molar-refractivity contribution in [1.82, 2.24) is 14.5 Å². The van der Waals surface area contributed by atoms with Gasteiger partial charge in [0.05, 0.1) is 12.0 Å². The van der Waals surface area contributed by atoms with Crippen LogP contribution in [0, 0.1) is 5.92 Å². The summed E-state index contributed by atoms with van der Waals surface area (Å²) in [5.41, 5.74) is 1.16. The molecule has 0 unspecified atom stereocenters. The second-order valence-electron chi connectivity index (χ2n) is 7.50. The normalized spacial score (nSPS) is 24.9. The van der Waals surface area contributed by atoms with Gasteiger partial charge in [0.25, 0.3) is 5.56 Å². The Morgan fingerprint density at radius 1 is 1.05 bits per heavy atom. The molecule has 3 fully saturated rings. The average molecular weight is 301 g/mol. The summed E-state index contributed by atoms with van der Waals surface area (Å²) < 4.78 is 1.84. The fourth-order valence-electron chi connectivity index (χ4n) is 4.23. The van der Waals surface area contributed by atoms with E-state index >= 15 is 0 Å². The smallest absolute Gasteiger partial charge is 0.253 e. The molecule has 0 spiro atoms. The zero-order valence-electron chi connectivity index (χ0n) is 13.4. The zero-order chi connectivity index (χ0) is 14.9. The fourth-order valence-corrected chi connectivity index (χ4v) is 4.23. The fraction of sp³-hybridized carbons (Fsp3) is 0.778. The first-order valence-electron chi connectivity index (χ1n) is 9.10. The second kappa shape index (κ2) is 6.15. The van der Waals surface area contributed by atoms with Crippen LogP contribution >= 0.6 is 0 Å². The molecule has 3 aliphatic rings. The van der Waals surface area contributed by atoms with Crippen molar-refractivity contribution in [3.8, 4) is 0 Å². The van der Waals surface area contributed by atoms with E-state index in [2.05, 4.69) is 9.88 Å². The van der Waals surface area contributed by atoms with Crippen molar-refractivity contribution in [3.63, 3.8) is 0 Å². The molecule has 4 rings (SSSR count). The lowest BCUT2D eigenvalue weighted by Crippen LogP contribution is -2.41. The first kappa shape index (κ1) is 14.4. The number of aromatic nitrogens is 2. The van der Waals surface area contributed by atoms with E-state index in [0.717, 1.165) is 18.3 Å². The predicted molar refractivity (Wildman–Crippen MR) is 87.0 cm³/mol. The van der Waals surface area contributed by atoms with Crippen LogP contribution in [-0.4, -0.2) is 33.6 Å². The standard InChI is InChI=1S/C18H27N3O/c22-18-11-17(15-5-6-15)19-13-21(18)12-14-7-9-20(10-8-14)16-3-1-2-4-16/h11,13-16H,1-10,12H2. The summed E-state index contributed by atoms with van der Waals surface area (Å²) in [6.45, 7) is 3.30. The second-order valence-corrected chi connectivity index (χ2v) is 7.50. The van der Waals surface area contributed by atoms with E-state index in [-0.39, 0.29) is 5.56 Å². The summed E-state index contributed by atoms with van der Waals surface area (Å²) in [5.74, 6) is 1.21. The van der Waals surface area contributed by atoms with E-state index in [1.807, 2.05) is 4.57 Å². The van der Waals surface area contributed by atoms with E-state index < -0.39 is 0 Å². The van der Waals surface area contributed by atoms with Crippen molar-refractivity contribution >= 4 is 0 Å². The summed E-state index contributed by atoms with van der Waals surface area (Å²) in [7, 11) is 0. The molecular formula is C18H27N3O. The zero-order valence-corrected chi connectivity index (χ0v) is 13.4. The molecule has 1 aromatic heterocycles. The van der Waals surface area contributed by atoms with Gasteiger partial charge in [0.15, 0.2) is 0 Å². The lowest BCUT2D eigenvalue weighted by Gasteiger charge is -2.36. The first-order chi connectivity index (χ1) is 10.8. The minimum Gasteiger partial charge on any atom is -0.300 e. The largest absolute Gasteiger partial charge is 0.300 e. The molecule has 0 atom stereocenters. The van der Waals surface area contributed by atoms with Gasteiger partial charge in [-0.1, -0.05) is 12.8 Å². The minimum atomic E-state index is 0.148. The van der Waals surface area contributed by atoms with Crippen molar-refractivity contribution in [1.29, 1.82) is 0 Å². The Morgan fingerprint density at radius 2 is 1.77 bits per heavy atom. The molecule has 2 aliphatic carbocycles. The molecule has 4 nitrogen and oxygen atoms in total. The van der Waals surface area contributed by atoms with Crippen LogP contribution in [0.4, 0.5) is 0 Å². The van der Waals surface area contributed by atoms with Crippen LogP contribution in [0.5, 0.6) is 0 Å². The molecule has 2 heterocycles. The van der Waals surface area contributed by atoms with Gasteiger partial charge in [0.2, 0.25) is 0 Å².